The minimum atomic E-state index is -1.40. The van der Waals surface area contributed by atoms with Gasteiger partial charge in [0, 0.05) is 18.2 Å². The number of benzene rings is 2. The van der Waals surface area contributed by atoms with Crippen LogP contribution in [0.25, 0.3) is 0 Å². The average Bonchev–Trinajstić information content (AvgIpc) is 2.84. The number of imide groups is 1. The molecule has 0 spiro atoms. The van der Waals surface area contributed by atoms with Crippen molar-refractivity contribution in [2.45, 2.75) is 19.6 Å². The van der Waals surface area contributed by atoms with E-state index in [1.807, 2.05) is 18.2 Å². The van der Waals surface area contributed by atoms with Crippen LogP contribution in [0.5, 0.6) is 5.75 Å². The Bertz CT molecular complexity index is 1180. The summed E-state index contributed by atoms with van der Waals surface area (Å²) in [5.74, 6) is -1.12. The summed E-state index contributed by atoms with van der Waals surface area (Å²) in [6.07, 6.45) is -1.40. The molecule has 3 aromatic rings. The van der Waals surface area contributed by atoms with Gasteiger partial charge in [-0.2, -0.15) is 5.10 Å². The van der Waals surface area contributed by atoms with Gasteiger partial charge in [0.1, 0.15) is 12.4 Å². The van der Waals surface area contributed by atoms with Crippen molar-refractivity contribution in [3.8, 4) is 5.75 Å². The van der Waals surface area contributed by atoms with Crippen molar-refractivity contribution in [3.05, 3.63) is 94.4 Å². The number of nitrogens with one attached hydrogen (secondary N) is 2. The van der Waals surface area contributed by atoms with E-state index in [-0.39, 0.29) is 18.8 Å². The summed E-state index contributed by atoms with van der Waals surface area (Å²) in [6.45, 7) is 2.25. The third kappa shape index (κ3) is 6.76. The van der Waals surface area contributed by atoms with Crippen molar-refractivity contribution in [2.75, 3.05) is 13.2 Å². The number of urea groups is 1. The number of nitrogens with zero attached hydrogens (tertiary/aromatic N) is 2. The first-order chi connectivity index (χ1) is 16.5. The van der Waals surface area contributed by atoms with Crippen molar-refractivity contribution in [1.82, 2.24) is 20.4 Å². The van der Waals surface area contributed by atoms with Gasteiger partial charge in [-0.1, -0.05) is 48.5 Å². The molecule has 176 valence electrons. The molecule has 10 nitrogen and oxygen atoms in total. The molecule has 0 fully saturated rings. The van der Waals surface area contributed by atoms with Gasteiger partial charge in [-0.05, 0) is 25.1 Å². The zero-order valence-corrected chi connectivity index (χ0v) is 18.5. The first-order valence-electron chi connectivity index (χ1n) is 10.6. The van der Waals surface area contributed by atoms with Crippen LogP contribution in [0.15, 0.2) is 77.6 Å². The standard InChI is InChI=1S/C24H24N4O6/c1-2-25-24(32)26-22(30)21(17-9-5-3-6-10-17)34-23(31)19-13-14-20(29)28(27-19)15-16-33-18-11-7-4-8-12-18/h3-14,21H,2,15-16H2,1H3,(H2,25,26,30,32). The number of esters is 1. The van der Waals surface area contributed by atoms with E-state index in [4.69, 9.17) is 9.47 Å². The number of para-hydroxylation sites is 1. The summed E-state index contributed by atoms with van der Waals surface area (Å²) in [7, 11) is 0. The lowest BCUT2D eigenvalue weighted by Crippen LogP contribution is -2.42. The maximum atomic E-state index is 12.8. The Morgan fingerprint density at radius 1 is 0.971 bits per heavy atom. The van der Waals surface area contributed by atoms with Gasteiger partial charge >= 0.3 is 12.0 Å². The van der Waals surface area contributed by atoms with Gasteiger partial charge in [0.25, 0.3) is 11.5 Å². The summed E-state index contributed by atoms with van der Waals surface area (Å²) >= 11 is 0. The van der Waals surface area contributed by atoms with Crippen molar-refractivity contribution < 1.29 is 23.9 Å². The minimum absolute atomic E-state index is 0.0919. The number of carbonyl (C=O) groups excluding carboxylic acids is 3. The molecule has 34 heavy (non-hydrogen) atoms. The van der Waals surface area contributed by atoms with Crippen LogP contribution >= 0.6 is 0 Å². The van der Waals surface area contributed by atoms with Crippen LogP contribution < -0.4 is 20.9 Å². The highest BCUT2D eigenvalue weighted by Gasteiger charge is 2.27. The Hall–Kier alpha value is -4.47. The molecule has 3 amide bonds. The zero-order valence-electron chi connectivity index (χ0n) is 18.5. The Morgan fingerprint density at radius 3 is 2.32 bits per heavy atom. The molecule has 0 saturated carbocycles. The first-order valence-corrected chi connectivity index (χ1v) is 10.6. The number of hydrogen-bond donors (Lipinski definition) is 2. The predicted molar refractivity (Wildman–Crippen MR) is 122 cm³/mol. The summed E-state index contributed by atoms with van der Waals surface area (Å²) in [6, 6.07) is 19.0. The molecule has 10 heteroatoms. The Labute approximate surface area is 195 Å². The number of rotatable bonds is 9. The van der Waals surface area contributed by atoms with Crippen LogP contribution in [0.2, 0.25) is 0 Å². The predicted octanol–water partition coefficient (Wildman–Crippen LogP) is 2.07. The molecule has 1 heterocycles. The van der Waals surface area contributed by atoms with Crippen LogP contribution in [0.4, 0.5) is 4.79 Å². The summed E-state index contributed by atoms with van der Waals surface area (Å²) in [5, 5.41) is 8.62. The number of ether oxygens (including phenoxy) is 2. The number of amides is 3. The molecule has 2 N–H and O–H groups in total. The molecule has 0 aliphatic rings. The fraction of sp³-hybridized carbons (Fsp3) is 0.208. The maximum Gasteiger partial charge on any atom is 0.359 e. The van der Waals surface area contributed by atoms with Crippen molar-refractivity contribution in [2.24, 2.45) is 0 Å². The Kier molecular flexibility index (Phi) is 8.50. The molecule has 3 rings (SSSR count). The topological polar surface area (TPSA) is 129 Å². The van der Waals surface area contributed by atoms with Crippen LogP contribution in [-0.4, -0.2) is 40.8 Å². The summed E-state index contributed by atoms with van der Waals surface area (Å²) in [4.78, 5) is 49.4. The van der Waals surface area contributed by atoms with E-state index in [0.717, 1.165) is 4.68 Å². The van der Waals surface area contributed by atoms with Crippen molar-refractivity contribution in [3.63, 3.8) is 0 Å². The first kappa shape index (κ1) is 24.2. The highest BCUT2D eigenvalue weighted by Crippen LogP contribution is 2.19. The molecule has 0 aliphatic carbocycles. The highest BCUT2D eigenvalue weighted by molar-refractivity contribution is 5.98. The highest BCUT2D eigenvalue weighted by atomic mass is 16.5. The van der Waals surface area contributed by atoms with Crippen LogP contribution in [0.3, 0.4) is 0 Å². The zero-order chi connectivity index (χ0) is 24.3. The summed E-state index contributed by atoms with van der Waals surface area (Å²) < 4.78 is 12.0. The fourth-order valence-corrected chi connectivity index (χ4v) is 2.94. The molecule has 0 bridgehead atoms. The monoisotopic (exact) mass is 464 g/mol. The van der Waals surface area contributed by atoms with E-state index in [1.165, 1.54) is 12.1 Å². The third-order valence-electron chi connectivity index (χ3n) is 4.53. The van der Waals surface area contributed by atoms with Gasteiger partial charge in [0.15, 0.2) is 5.69 Å². The van der Waals surface area contributed by atoms with Crippen LogP contribution in [0, 0.1) is 0 Å². The Morgan fingerprint density at radius 2 is 1.65 bits per heavy atom. The van der Waals surface area contributed by atoms with Crippen molar-refractivity contribution >= 4 is 17.9 Å². The lowest BCUT2D eigenvalue weighted by Gasteiger charge is -2.17. The van der Waals surface area contributed by atoms with E-state index < -0.39 is 29.6 Å². The molecule has 2 aromatic carbocycles. The fourth-order valence-electron chi connectivity index (χ4n) is 2.94. The van der Waals surface area contributed by atoms with Crippen LogP contribution in [0.1, 0.15) is 29.1 Å². The second-order valence-corrected chi connectivity index (χ2v) is 6.99. The van der Waals surface area contributed by atoms with E-state index in [1.54, 1.807) is 49.4 Å². The quantitative estimate of drug-likeness (QED) is 0.464. The lowest BCUT2D eigenvalue weighted by molar-refractivity contribution is -0.129. The maximum absolute atomic E-state index is 12.8. The second-order valence-electron chi connectivity index (χ2n) is 6.99. The minimum Gasteiger partial charge on any atom is -0.492 e. The Balaban J connectivity index is 1.73. The molecule has 1 unspecified atom stereocenters. The van der Waals surface area contributed by atoms with Gasteiger partial charge in [-0.25, -0.2) is 14.3 Å². The number of aromatic nitrogens is 2. The lowest BCUT2D eigenvalue weighted by atomic mass is 10.1. The number of hydrogen-bond acceptors (Lipinski definition) is 7. The van der Waals surface area contributed by atoms with Crippen LogP contribution in [-0.2, 0) is 16.1 Å². The summed E-state index contributed by atoms with van der Waals surface area (Å²) in [5.41, 5.74) is -0.241. The van der Waals surface area contributed by atoms with Gasteiger partial charge in [0.05, 0.1) is 6.54 Å². The third-order valence-corrected chi connectivity index (χ3v) is 4.53. The van der Waals surface area contributed by atoms with E-state index in [0.29, 0.717) is 17.9 Å². The largest absolute Gasteiger partial charge is 0.492 e. The number of carbonyl (C=O) groups is 3. The van der Waals surface area contributed by atoms with Gasteiger partial charge < -0.3 is 14.8 Å². The molecular formula is C24H24N4O6. The van der Waals surface area contributed by atoms with Gasteiger partial charge in [-0.3, -0.25) is 14.9 Å². The average molecular weight is 464 g/mol. The second kappa shape index (κ2) is 12.0. The van der Waals surface area contributed by atoms with E-state index in [2.05, 4.69) is 15.7 Å². The molecule has 0 radical (unpaired) electrons. The molecular weight excluding hydrogens is 440 g/mol. The molecule has 1 atom stereocenters. The smallest absolute Gasteiger partial charge is 0.359 e. The normalized spacial score (nSPS) is 11.2. The van der Waals surface area contributed by atoms with Gasteiger partial charge in [-0.15, -0.1) is 0 Å². The SMILES string of the molecule is CCNC(=O)NC(=O)C(OC(=O)c1ccc(=O)n(CCOc2ccccc2)n1)c1ccccc1. The van der Waals surface area contributed by atoms with Gasteiger partial charge in [0.2, 0.25) is 6.10 Å². The molecule has 1 aromatic heterocycles. The van der Waals surface area contributed by atoms with Crippen molar-refractivity contribution in [1.29, 1.82) is 0 Å². The molecule has 0 aliphatic heterocycles. The molecule has 0 saturated heterocycles. The van der Waals surface area contributed by atoms with E-state index in [9.17, 15) is 19.2 Å². The van der Waals surface area contributed by atoms with E-state index >= 15 is 0 Å².